The van der Waals surface area contributed by atoms with E-state index in [0.717, 1.165) is 6.42 Å². The molecule has 0 spiro atoms. The van der Waals surface area contributed by atoms with E-state index in [9.17, 15) is 13.2 Å². The highest BCUT2D eigenvalue weighted by molar-refractivity contribution is 9.10. The Morgan fingerprint density at radius 2 is 1.85 bits per heavy atom. The highest BCUT2D eigenvalue weighted by atomic mass is 79.9. The first kappa shape index (κ1) is 15.1. The molecule has 0 fully saturated rings. The minimum atomic E-state index is -0.946. The third-order valence-corrected chi connectivity index (χ3v) is 3.24. The van der Waals surface area contributed by atoms with E-state index in [-0.39, 0.29) is 5.56 Å². The predicted octanol–water partition coefficient (Wildman–Crippen LogP) is 4.55. The molecule has 1 aromatic carbocycles. The molecule has 20 heavy (non-hydrogen) atoms. The predicted molar refractivity (Wildman–Crippen MR) is 72.9 cm³/mol. The molecule has 2 nitrogen and oxygen atoms in total. The molecule has 0 saturated heterocycles. The van der Waals surface area contributed by atoms with Crippen LogP contribution in [0.5, 0.6) is 0 Å². The molecule has 0 saturated carbocycles. The molecule has 0 bridgehead atoms. The van der Waals surface area contributed by atoms with Gasteiger partial charge in [-0.2, -0.15) is 0 Å². The van der Waals surface area contributed by atoms with Crippen LogP contribution in [0.25, 0.3) is 0 Å². The molecule has 2 rings (SSSR count). The van der Waals surface area contributed by atoms with Gasteiger partial charge in [-0.05, 0) is 41.0 Å². The Labute approximate surface area is 123 Å². The van der Waals surface area contributed by atoms with E-state index in [1.54, 1.807) is 12.1 Å². The molecule has 2 aromatic rings. The van der Waals surface area contributed by atoms with E-state index in [4.69, 9.17) is 4.42 Å². The summed E-state index contributed by atoms with van der Waals surface area (Å²) in [4.78, 5) is 0. The zero-order valence-electron chi connectivity index (χ0n) is 10.7. The fourth-order valence-electron chi connectivity index (χ4n) is 1.95. The second kappa shape index (κ2) is 6.45. The highest BCUT2D eigenvalue weighted by Gasteiger charge is 2.25. The zero-order valence-corrected chi connectivity index (χ0v) is 12.3. The second-order valence-electron chi connectivity index (χ2n) is 4.31. The largest absolute Gasteiger partial charge is 0.452 e. The van der Waals surface area contributed by atoms with Gasteiger partial charge in [-0.25, -0.2) is 13.2 Å². The van der Waals surface area contributed by atoms with Gasteiger partial charge >= 0.3 is 0 Å². The van der Waals surface area contributed by atoms with Crippen LogP contribution in [0.3, 0.4) is 0 Å². The number of hydrogen-bond acceptors (Lipinski definition) is 2. The lowest BCUT2D eigenvalue weighted by atomic mass is 10.0. The molecule has 1 atom stereocenters. The van der Waals surface area contributed by atoms with Crippen LogP contribution in [-0.4, -0.2) is 6.54 Å². The number of halogens is 4. The Kier molecular flexibility index (Phi) is 4.88. The minimum Gasteiger partial charge on any atom is -0.452 e. The van der Waals surface area contributed by atoms with E-state index in [2.05, 4.69) is 21.2 Å². The van der Waals surface area contributed by atoms with Crippen LogP contribution >= 0.6 is 15.9 Å². The molecule has 6 heteroatoms. The van der Waals surface area contributed by atoms with Gasteiger partial charge in [0.2, 0.25) is 0 Å². The summed E-state index contributed by atoms with van der Waals surface area (Å²) in [5, 5.41) is 3.00. The average molecular weight is 348 g/mol. The normalized spacial score (nSPS) is 12.7. The maximum Gasteiger partial charge on any atom is 0.169 e. The monoisotopic (exact) mass is 347 g/mol. The molecule has 0 aliphatic rings. The molecule has 1 aromatic heterocycles. The van der Waals surface area contributed by atoms with Gasteiger partial charge in [0.05, 0.1) is 6.04 Å². The molecule has 0 amide bonds. The van der Waals surface area contributed by atoms with Crippen LogP contribution in [0, 0.1) is 17.5 Å². The van der Waals surface area contributed by atoms with Crippen LogP contribution in [0.2, 0.25) is 0 Å². The summed E-state index contributed by atoms with van der Waals surface area (Å²) < 4.78 is 46.6. The summed E-state index contributed by atoms with van der Waals surface area (Å²) in [5.41, 5.74) is -0.248. The fourth-order valence-corrected chi connectivity index (χ4v) is 2.27. The van der Waals surface area contributed by atoms with E-state index in [0.29, 0.717) is 29.1 Å². The molecular formula is C14H13BrF3NO. The van der Waals surface area contributed by atoms with Crippen molar-refractivity contribution in [3.63, 3.8) is 0 Å². The Morgan fingerprint density at radius 3 is 2.35 bits per heavy atom. The highest BCUT2D eigenvalue weighted by Crippen LogP contribution is 2.30. The van der Waals surface area contributed by atoms with Crippen LogP contribution in [-0.2, 0) is 0 Å². The lowest BCUT2D eigenvalue weighted by Gasteiger charge is -2.18. The van der Waals surface area contributed by atoms with E-state index >= 15 is 0 Å². The standard InChI is InChI=1S/C14H13BrF3NO/c1-2-5-19-14(11-3-4-12(15)20-11)13-9(17)6-8(16)7-10(13)18/h3-4,6-7,14,19H,2,5H2,1H3. The molecule has 1 unspecified atom stereocenters. The van der Waals surface area contributed by atoms with Crippen molar-refractivity contribution >= 4 is 15.9 Å². The van der Waals surface area contributed by atoms with Gasteiger partial charge in [0, 0.05) is 17.7 Å². The van der Waals surface area contributed by atoms with E-state index < -0.39 is 23.5 Å². The maximum atomic E-state index is 13.9. The van der Waals surface area contributed by atoms with Gasteiger partial charge in [0.15, 0.2) is 4.67 Å². The van der Waals surface area contributed by atoms with Crippen molar-refractivity contribution in [2.45, 2.75) is 19.4 Å². The fraction of sp³-hybridized carbons (Fsp3) is 0.286. The molecule has 0 aliphatic carbocycles. The average Bonchev–Trinajstić information content (AvgIpc) is 2.78. The molecule has 1 heterocycles. The van der Waals surface area contributed by atoms with Gasteiger partial charge in [-0.3, -0.25) is 0 Å². The Hall–Kier alpha value is -1.27. The summed E-state index contributed by atoms with van der Waals surface area (Å²) in [5.74, 6) is -2.47. The molecule has 1 N–H and O–H groups in total. The lowest BCUT2D eigenvalue weighted by Crippen LogP contribution is -2.25. The first-order chi connectivity index (χ1) is 9.52. The number of hydrogen-bond donors (Lipinski definition) is 1. The SMILES string of the molecule is CCCNC(c1ccc(Br)o1)c1c(F)cc(F)cc1F. The smallest absolute Gasteiger partial charge is 0.169 e. The van der Waals surface area contributed by atoms with Crippen LogP contribution in [0.15, 0.2) is 33.4 Å². The molecule has 0 aliphatic heterocycles. The summed E-state index contributed by atoms with van der Waals surface area (Å²) >= 11 is 3.15. The van der Waals surface area contributed by atoms with Crippen molar-refractivity contribution in [3.05, 3.63) is 57.7 Å². The van der Waals surface area contributed by atoms with Crippen molar-refractivity contribution in [1.29, 1.82) is 0 Å². The molecule has 108 valence electrons. The van der Waals surface area contributed by atoms with Crippen molar-refractivity contribution in [1.82, 2.24) is 5.32 Å². The van der Waals surface area contributed by atoms with E-state index in [1.165, 1.54) is 0 Å². The second-order valence-corrected chi connectivity index (χ2v) is 5.09. The van der Waals surface area contributed by atoms with Gasteiger partial charge in [-0.15, -0.1) is 0 Å². The summed E-state index contributed by atoms with van der Waals surface area (Å²) in [6, 6.07) is 3.77. The van der Waals surface area contributed by atoms with Gasteiger partial charge in [0.25, 0.3) is 0 Å². The Balaban J connectivity index is 2.46. The minimum absolute atomic E-state index is 0.248. The summed E-state index contributed by atoms with van der Waals surface area (Å²) in [6.45, 7) is 2.47. The van der Waals surface area contributed by atoms with Crippen LogP contribution < -0.4 is 5.32 Å². The summed E-state index contributed by atoms with van der Waals surface area (Å²) in [6.07, 6.45) is 0.781. The Morgan fingerprint density at radius 1 is 1.20 bits per heavy atom. The first-order valence-corrected chi connectivity index (χ1v) is 6.95. The van der Waals surface area contributed by atoms with Crippen molar-refractivity contribution in [2.24, 2.45) is 0 Å². The van der Waals surface area contributed by atoms with Crippen molar-refractivity contribution in [2.75, 3.05) is 6.54 Å². The zero-order chi connectivity index (χ0) is 14.7. The Bertz CT molecular complexity index is 577. The molecular weight excluding hydrogens is 335 g/mol. The maximum absolute atomic E-state index is 13.9. The van der Waals surface area contributed by atoms with Gasteiger partial charge < -0.3 is 9.73 Å². The third-order valence-electron chi connectivity index (χ3n) is 2.81. The molecule has 0 radical (unpaired) electrons. The number of rotatable bonds is 5. The van der Waals surface area contributed by atoms with E-state index in [1.807, 2.05) is 6.92 Å². The van der Waals surface area contributed by atoms with Gasteiger partial charge in [-0.1, -0.05) is 6.92 Å². The first-order valence-electron chi connectivity index (χ1n) is 6.16. The third kappa shape index (κ3) is 3.24. The topological polar surface area (TPSA) is 25.2 Å². The van der Waals surface area contributed by atoms with Crippen molar-refractivity contribution < 1.29 is 17.6 Å². The van der Waals surface area contributed by atoms with Crippen molar-refractivity contribution in [3.8, 4) is 0 Å². The number of furan rings is 1. The number of benzene rings is 1. The quantitative estimate of drug-likeness (QED) is 0.858. The lowest BCUT2D eigenvalue weighted by molar-refractivity contribution is 0.409. The van der Waals surface area contributed by atoms with Gasteiger partial charge in [0.1, 0.15) is 23.2 Å². The number of nitrogens with one attached hydrogen (secondary N) is 1. The summed E-state index contributed by atoms with van der Waals surface area (Å²) in [7, 11) is 0. The van der Waals surface area contributed by atoms with Crippen LogP contribution in [0.1, 0.15) is 30.7 Å². The van der Waals surface area contributed by atoms with Crippen LogP contribution in [0.4, 0.5) is 13.2 Å².